The lowest BCUT2D eigenvalue weighted by molar-refractivity contribution is -0.131. The van der Waals surface area contributed by atoms with Gasteiger partial charge in [0.05, 0.1) is 6.61 Å². The Morgan fingerprint density at radius 3 is 2.58 bits per heavy atom. The van der Waals surface area contributed by atoms with Crippen molar-refractivity contribution in [1.29, 1.82) is 0 Å². The fourth-order valence-electron chi connectivity index (χ4n) is 1.47. The molecule has 0 bridgehead atoms. The van der Waals surface area contributed by atoms with Crippen LogP contribution in [-0.2, 0) is 27.5 Å². The number of rotatable bonds is 7. The Labute approximate surface area is 111 Å². The van der Waals surface area contributed by atoms with Gasteiger partial charge in [0.15, 0.2) is 0 Å². The number of carbonyl (C=O) groups is 2. The zero-order valence-corrected chi connectivity index (χ0v) is 10.8. The maximum Gasteiger partial charge on any atom is 0.328 e. The maximum atomic E-state index is 11.4. The van der Waals surface area contributed by atoms with Crippen LogP contribution in [0, 0.1) is 0 Å². The van der Waals surface area contributed by atoms with Crippen molar-refractivity contribution < 1.29 is 19.4 Å². The van der Waals surface area contributed by atoms with Crippen LogP contribution in [0.15, 0.2) is 36.4 Å². The van der Waals surface area contributed by atoms with Gasteiger partial charge in [-0.15, -0.1) is 0 Å². The molecule has 0 radical (unpaired) electrons. The zero-order chi connectivity index (χ0) is 14.1. The van der Waals surface area contributed by atoms with Crippen molar-refractivity contribution >= 4 is 11.9 Å². The van der Waals surface area contributed by atoms with Gasteiger partial charge in [0.2, 0.25) is 5.91 Å². The average molecular weight is 263 g/mol. The normalized spacial score (nSPS) is 10.6. The van der Waals surface area contributed by atoms with Gasteiger partial charge >= 0.3 is 5.97 Å². The van der Waals surface area contributed by atoms with Crippen LogP contribution in [0.4, 0.5) is 0 Å². The van der Waals surface area contributed by atoms with E-state index in [0.717, 1.165) is 23.3 Å². The lowest BCUT2D eigenvalue weighted by Crippen LogP contribution is -2.21. The molecule has 1 amide bonds. The molecule has 19 heavy (non-hydrogen) atoms. The van der Waals surface area contributed by atoms with Crippen LogP contribution in [0.5, 0.6) is 0 Å². The molecule has 0 fully saturated rings. The van der Waals surface area contributed by atoms with E-state index >= 15 is 0 Å². The predicted molar refractivity (Wildman–Crippen MR) is 70.4 cm³/mol. The SMILES string of the molecule is CCOCc1ccccc1CNC(=O)/C=C/C(=O)O. The Hall–Kier alpha value is -2.14. The molecule has 0 saturated heterocycles. The van der Waals surface area contributed by atoms with Crippen LogP contribution >= 0.6 is 0 Å². The second kappa shape index (κ2) is 8.05. The molecule has 1 aromatic carbocycles. The topological polar surface area (TPSA) is 75.6 Å². The molecule has 0 atom stereocenters. The highest BCUT2D eigenvalue weighted by atomic mass is 16.5. The maximum absolute atomic E-state index is 11.4. The molecule has 0 heterocycles. The summed E-state index contributed by atoms with van der Waals surface area (Å²) in [6, 6.07) is 7.62. The Morgan fingerprint density at radius 2 is 1.95 bits per heavy atom. The minimum Gasteiger partial charge on any atom is -0.478 e. The van der Waals surface area contributed by atoms with Crippen molar-refractivity contribution in [3.8, 4) is 0 Å². The first-order chi connectivity index (χ1) is 9.13. The summed E-state index contributed by atoms with van der Waals surface area (Å²) in [5.74, 6) is -1.58. The van der Waals surface area contributed by atoms with E-state index in [9.17, 15) is 9.59 Å². The van der Waals surface area contributed by atoms with Crippen molar-refractivity contribution in [3.63, 3.8) is 0 Å². The van der Waals surface area contributed by atoms with E-state index in [1.54, 1.807) is 0 Å². The number of carboxylic acids is 1. The quantitative estimate of drug-likeness (QED) is 0.731. The summed E-state index contributed by atoms with van der Waals surface area (Å²) in [5.41, 5.74) is 1.96. The van der Waals surface area contributed by atoms with Crippen molar-refractivity contribution in [2.24, 2.45) is 0 Å². The lowest BCUT2D eigenvalue weighted by atomic mass is 10.1. The summed E-state index contributed by atoms with van der Waals surface area (Å²) in [6.07, 6.45) is 1.80. The van der Waals surface area contributed by atoms with E-state index in [2.05, 4.69) is 5.32 Å². The Morgan fingerprint density at radius 1 is 1.26 bits per heavy atom. The predicted octanol–water partition coefficient (Wildman–Crippen LogP) is 1.48. The molecular formula is C14H17NO4. The van der Waals surface area contributed by atoms with Crippen LogP contribution in [0.3, 0.4) is 0 Å². The first-order valence-corrected chi connectivity index (χ1v) is 5.97. The third kappa shape index (κ3) is 5.83. The van der Waals surface area contributed by atoms with Gasteiger partial charge in [0.1, 0.15) is 0 Å². The molecule has 0 aromatic heterocycles. The third-order valence-corrected chi connectivity index (χ3v) is 2.41. The van der Waals surface area contributed by atoms with Crippen LogP contribution in [-0.4, -0.2) is 23.6 Å². The number of nitrogens with one attached hydrogen (secondary N) is 1. The summed E-state index contributed by atoms with van der Waals surface area (Å²) in [4.78, 5) is 21.6. The summed E-state index contributed by atoms with van der Waals surface area (Å²) < 4.78 is 5.34. The van der Waals surface area contributed by atoms with Gasteiger partial charge in [-0.2, -0.15) is 0 Å². The molecule has 0 unspecified atom stereocenters. The molecule has 0 spiro atoms. The van der Waals surface area contributed by atoms with Gasteiger partial charge in [-0.1, -0.05) is 24.3 Å². The van der Waals surface area contributed by atoms with Gasteiger partial charge < -0.3 is 15.2 Å². The molecule has 1 rings (SSSR count). The smallest absolute Gasteiger partial charge is 0.328 e. The molecule has 0 aliphatic heterocycles. The van der Waals surface area contributed by atoms with Crippen LogP contribution in [0.25, 0.3) is 0 Å². The summed E-state index contributed by atoms with van der Waals surface area (Å²) >= 11 is 0. The number of benzene rings is 1. The number of hydrogen-bond acceptors (Lipinski definition) is 3. The number of amides is 1. The average Bonchev–Trinajstić information content (AvgIpc) is 2.41. The lowest BCUT2D eigenvalue weighted by Gasteiger charge is -2.09. The van der Waals surface area contributed by atoms with Crippen LogP contribution in [0.1, 0.15) is 18.1 Å². The van der Waals surface area contributed by atoms with E-state index in [1.165, 1.54) is 0 Å². The standard InChI is InChI=1S/C14H17NO4/c1-2-19-10-12-6-4-3-5-11(12)9-15-13(16)7-8-14(17)18/h3-8H,2,9-10H2,1H3,(H,15,16)(H,17,18)/b8-7+. The van der Waals surface area contributed by atoms with Gasteiger partial charge in [-0.3, -0.25) is 4.79 Å². The van der Waals surface area contributed by atoms with Crippen LogP contribution < -0.4 is 5.32 Å². The Balaban J connectivity index is 2.57. The van der Waals surface area contributed by atoms with Crippen LogP contribution in [0.2, 0.25) is 0 Å². The molecule has 1 aromatic rings. The molecule has 0 aliphatic rings. The molecule has 0 saturated carbocycles. The summed E-state index contributed by atoms with van der Waals surface area (Å²) in [6.45, 7) is 3.38. The molecule has 5 heteroatoms. The molecule has 2 N–H and O–H groups in total. The number of carboxylic acid groups (broad SMARTS) is 1. The van der Waals surface area contributed by atoms with Crippen molar-refractivity contribution in [2.75, 3.05) is 6.61 Å². The highest BCUT2D eigenvalue weighted by molar-refractivity contribution is 5.93. The monoisotopic (exact) mass is 263 g/mol. The molecule has 102 valence electrons. The van der Waals surface area contributed by atoms with Gasteiger partial charge in [0.25, 0.3) is 0 Å². The third-order valence-electron chi connectivity index (χ3n) is 2.41. The van der Waals surface area contributed by atoms with E-state index in [0.29, 0.717) is 19.8 Å². The molecule has 0 aliphatic carbocycles. The fraction of sp³-hybridized carbons (Fsp3) is 0.286. The van der Waals surface area contributed by atoms with E-state index in [1.807, 2.05) is 31.2 Å². The highest BCUT2D eigenvalue weighted by Gasteiger charge is 2.03. The van der Waals surface area contributed by atoms with Crippen molar-refractivity contribution in [3.05, 3.63) is 47.5 Å². The fourth-order valence-corrected chi connectivity index (χ4v) is 1.47. The van der Waals surface area contributed by atoms with Gasteiger partial charge in [-0.25, -0.2) is 4.79 Å². The number of hydrogen-bond donors (Lipinski definition) is 2. The summed E-state index contributed by atoms with van der Waals surface area (Å²) in [5, 5.41) is 11.0. The van der Waals surface area contributed by atoms with Gasteiger partial charge in [-0.05, 0) is 18.1 Å². The molecular weight excluding hydrogens is 246 g/mol. The van der Waals surface area contributed by atoms with E-state index in [4.69, 9.17) is 9.84 Å². The number of carbonyl (C=O) groups excluding carboxylic acids is 1. The largest absolute Gasteiger partial charge is 0.478 e. The van der Waals surface area contributed by atoms with Gasteiger partial charge in [0, 0.05) is 25.3 Å². The zero-order valence-electron chi connectivity index (χ0n) is 10.8. The number of ether oxygens (including phenoxy) is 1. The minimum atomic E-state index is -1.15. The Bertz CT molecular complexity index is 468. The first kappa shape index (κ1) is 14.9. The molecule has 5 nitrogen and oxygen atoms in total. The second-order valence-corrected chi connectivity index (χ2v) is 3.80. The van der Waals surface area contributed by atoms with Crippen molar-refractivity contribution in [1.82, 2.24) is 5.32 Å². The van der Waals surface area contributed by atoms with E-state index in [-0.39, 0.29) is 0 Å². The Kier molecular flexibility index (Phi) is 6.32. The minimum absolute atomic E-state index is 0.339. The first-order valence-electron chi connectivity index (χ1n) is 5.97. The number of aliphatic carboxylic acids is 1. The van der Waals surface area contributed by atoms with Crippen molar-refractivity contribution in [2.45, 2.75) is 20.1 Å². The summed E-state index contributed by atoms with van der Waals surface area (Å²) in [7, 11) is 0. The van der Waals surface area contributed by atoms with E-state index < -0.39 is 11.9 Å². The second-order valence-electron chi connectivity index (χ2n) is 3.80. The highest BCUT2D eigenvalue weighted by Crippen LogP contribution is 2.09.